The van der Waals surface area contributed by atoms with Gasteiger partial charge in [0.2, 0.25) is 5.96 Å². The van der Waals surface area contributed by atoms with Crippen LogP contribution in [0.2, 0.25) is 0 Å². The van der Waals surface area contributed by atoms with Gasteiger partial charge in [-0.25, -0.2) is 0 Å². The van der Waals surface area contributed by atoms with Gasteiger partial charge in [0.1, 0.15) is 0 Å². The first-order chi connectivity index (χ1) is 9.17. The third-order valence-electron chi connectivity index (χ3n) is 2.35. The Kier molecular flexibility index (Phi) is 10.5. The van der Waals surface area contributed by atoms with E-state index >= 15 is 0 Å². The van der Waals surface area contributed by atoms with E-state index in [-0.39, 0.29) is 18.4 Å². The topological polar surface area (TPSA) is 80.0 Å². The Morgan fingerprint density at radius 1 is 1.10 bits per heavy atom. The molecule has 1 rings (SSSR count). The van der Waals surface area contributed by atoms with E-state index in [0.717, 1.165) is 29.3 Å². The first-order valence-electron chi connectivity index (χ1n) is 5.76. The summed E-state index contributed by atoms with van der Waals surface area (Å²) in [5.74, 6) is -0.0475. The third kappa shape index (κ3) is 7.12. The number of rotatable bonds is 7. The molecule has 0 aliphatic heterocycles. The van der Waals surface area contributed by atoms with E-state index in [0.29, 0.717) is 0 Å². The quantitative estimate of drug-likeness (QED) is 0.303. The molecule has 112 valence electrons. The SMILES string of the molecule is Cl.NC(N)=NN=Cc1ccc(N(CCBr)CCBr)cc1. The highest BCUT2D eigenvalue weighted by atomic mass is 79.9. The zero-order chi connectivity index (χ0) is 14.1. The largest absolute Gasteiger partial charge is 0.370 e. The van der Waals surface area contributed by atoms with Crippen LogP contribution in [-0.4, -0.2) is 35.9 Å². The van der Waals surface area contributed by atoms with Crippen molar-refractivity contribution in [3.05, 3.63) is 29.8 Å². The van der Waals surface area contributed by atoms with E-state index in [1.54, 1.807) is 6.21 Å². The fourth-order valence-electron chi connectivity index (χ4n) is 1.51. The average Bonchev–Trinajstić information content (AvgIpc) is 2.39. The summed E-state index contributed by atoms with van der Waals surface area (Å²) in [7, 11) is 0. The summed E-state index contributed by atoms with van der Waals surface area (Å²) in [6.45, 7) is 1.93. The number of alkyl halides is 2. The number of hydrogen-bond donors (Lipinski definition) is 2. The molecule has 0 aromatic heterocycles. The number of hydrogen-bond acceptors (Lipinski definition) is 3. The maximum absolute atomic E-state index is 5.19. The van der Waals surface area contributed by atoms with Crippen LogP contribution in [0.3, 0.4) is 0 Å². The van der Waals surface area contributed by atoms with Crippen LogP contribution in [0.1, 0.15) is 5.56 Å². The van der Waals surface area contributed by atoms with E-state index in [4.69, 9.17) is 11.5 Å². The van der Waals surface area contributed by atoms with Crippen molar-refractivity contribution in [1.29, 1.82) is 0 Å². The molecule has 0 bridgehead atoms. The van der Waals surface area contributed by atoms with Gasteiger partial charge in [0.15, 0.2) is 0 Å². The number of nitrogens with two attached hydrogens (primary N) is 2. The van der Waals surface area contributed by atoms with Crippen molar-refractivity contribution in [1.82, 2.24) is 0 Å². The van der Waals surface area contributed by atoms with Gasteiger partial charge in [-0.15, -0.1) is 17.5 Å². The first-order valence-corrected chi connectivity index (χ1v) is 8.00. The van der Waals surface area contributed by atoms with Crippen LogP contribution in [0.5, 0.6) is 0 Å². The van der Waals surface area contributed by atoms with Gasteiger partial charge >= 0.3 is 0 Å². The molecule has 0 unspecified atom stereocenters. The Morgan fingerprint density at radius 3 is 2.10 bits per heavy atom. The minimum atomic E-state index is -0.0475. The van der Waals surface area contributed by atoms with Crippen molar-refractivity contribution in [2.24, 2.45) is 21.7 Å². The van der Waals surface area contributed by atoms with Gasteiger partial charge < -0.3 is 16.4 Å². The van der Waals surface area contributed by atoms with Crippen molar-refractivity contribution in [2.45, 2.75) is 0 Å². The van der Waals surface area contributed by atoms with E-state index in [1.165, 1.54) is 5.69 Å². The molecule has 0 radical (unpaired) electrons. The van der Waals surface area contributed by atoms with Crippen LogP contribution in [-0.2, 0) is 0 Å². The summed E-state index contributed by atoms with van der Waals surface area (Å²) in [4.78, 5) is 2.29. The maximum atomic E-state index is 5.19. The zero-order valence-electron chi connectivity index (χ0n) is 10.9. The summed E-state index contributed by atoms with van der Waals surface area (Å²) in [6, 6.07) is 8.08. The summed E-state index contributed by atoms with van der Waals surface area (Å²) in [6.07, 6.45) is 1.61. The molecule has 0 atom stereocenters. The van der Waals surface area contributed by atoms with Gasteiger partial charge in [-0.3, -0.25) is 0 Å². The van der Waals surface area contributed by atoms with Crippen molar-refractivity contribution in [3.8, 4) is 0 Å². The van der Waals surface area contributed by atoms with Gasteiger partial charge in [0.05, 0.1) is 6.21 Å². The molecule has 0 heterocycles. The summed E-state index contributed by atoms with van der Waals surface area (Å²) in [5, 5.41) is 9.20. The Bertz CT molecular complexity index is 426. The van der Waals surface area contributed by atoms with Gasteiger partial charge in [-0.1, -0.05) is 44.0 Å². The highest BCUT2D eigenvalue weighted by molar-refractivity contribution is 9.09. The normalized spacial score (nSPS) is 10.1. The second-order valence-corrected chi connectivity index (χ2v) is 5.31. The van der Waals surface area contributed by atoms with Crippen molar-refractivity contribution in [3.63, 3.8) is 0 Å². The van der Waals surface area contributed by atoms with Gasteiger partial charge in [0.25, 0.3) is 0 Å². The molecule has 0 spiro atoms. The van der Waals surface area contributed by atoms with Crippen molar-refractivity contribution >= 4 is 62.1 Å². The molecule has 0 saturated carbocycles. The van der Waals surface area contributed by atoms with Crippen LogP contribution in [0.25, 0.3) is 0 Å². The predicted molar refractivity (Wildman–Crippen MR) is 96.9 cm³/mol. The molecule has 8 heteroatoms. The Balaban J connectivity index is 0.00000361. The maximum Gasteiger partial charge on any atom is 0.211 e. The lowest BCUT2D eigenvalue weighted by Gasteiger charge is -2.23. The monoisotopic (exact) mass is 425 g/mol. The number of anilines is 1. The van der Waals surface area contributed by atoms with Gasteiger partial charge in [-0.05, 0) is 17.7 Å². The minimum Gasteiger partial charge on any atom is -0.370 e. The lowest BCUT2D eigenvalue weighted by Crippen LogP contribution is -2.27. The van der Waals surface area contributed by atoms with Crippen LogP contribution < -0.4 is 16.4 Å². The zero-order valence-corrected chi connectivity index (χ0v) is 14.9. The lowest BCUT2D eigenvalue weighted by atomic mass is 10.2. The predicted octanol–water partition coefficient (Wildman–Crippen LogP) is 2.31. The molecule has 1 aromatic carbocycles. The van der Waals surface area contributed by atoms with Crippen molar-refractivity contribution < 1.29 is 0 Å². The molecular formula is C12H18Br2ClN5. The average molecular weight is 428 g/mol. The number of nitrogens with zero attached hydrogens (tertiary/aromatic N) is 3. The third-order valence-corrected chi connectivity index (χ3v) is 3.06. The highest BCUT2D eigenvalue weighted by Gasteiger charge is 2.04. The highest BCUT2D eigenvalue weighted by Crippen LogP contribution is 2.15. The molecule has 0 aliphatic rings. The van der Waals surface area contributed by atoms with E-state index in [2.05, 4.69) is 59.1 Å². The molecule has 20 heavy (non-hydrogen) atoms. The number of halogens is 3. The fourth-order valence-corrected chi connectivity index (χ4v) is 2.36. The molecule has 0 fully saturated rings. The van der Waals surface area contributed by atoms with Crippen LogP contribution in [0.15, 0.2) is 34.5 Å². The standard InChI is InChI=1S/C12H17Br2N5.ClH/c13-5-7-19(8-6-14)11-3-1-10(2-4-11)9-17-18-12(15)16;/h1-4,9H,5-8H2,(H4,15,16,18);1H. The van der Waals surface area contributed by atoms with E-state index < -0.39 is 0 Å². The van der Waals surface area contributed by atoms with Gasteiger partial charge in [-0.2, -0.15) is 5.10 Å². The van der Waals surface area contributed by atoms with E-state index in [1.807, 2.05) is 12.1 Å². The smallest absolute Gasteiger partial charge is 0.211 e. The molecule has 0 amide bonds. The summed E-state index contributed by atoms with van der Waals surface area (Å²) in [5.41, 5.74) is 12.5. The van der Waals surface area contributed by atoms with Crippen LogP contribution in [0, 0.1) is 0 Å². The molecular weight excluding hydrogens is 409 g/mol. The van der Waals surface area contributed by atoms with Crippen LogP contribution >= 0.6 is 44.3 Å². The Morgan fingerprint density at radius 2 is 1.65 bits per heavy atom. The molecule has 1 aromatic rings. The number of benzene rings is 1. The fraction of sp³-hybridized carbons (Fsp3) is 0.333. The first kappa shape index (κ1) is 19.2. The molecule has 0 aliphatic carbocycles. The minimum absolute atomic E-state index is 0. The molecule has 4 N–H and O–H groups in total. The summed E-state index contributed by atoms with van der Waals surface area (Å²) >= 11 is 6.93. The molecule has 0 saturated heterocycles. The van der Waals surface area contributed by atoms with Gasteiger partial charge in [0, 0.05) is 29.4 Å². The van der Waals surface area contributed by atoms with Crippen molar-refractivity contribution in [2.75, 3.05) is 28.6 Å². The Labute approximate surface area is 142 Å². The molecule has 5 nitrogen and oxygen atoms in total. The second kappa shape index (κ2) is 10.9. The second-order valence-electron chi connectivity index (χ2n) is 3.73. The van der Waals surface area contributed by atoms with E-state index in [9.17, 15) is 0 Å². The number of guanidine groups is 1. The summed E-state index contributed by atoms with van der Waals surface area (Å²) < 4.78 is 0. The lowest BCUT2D eigenvalue weighted by molar-refractivity contribution is 0.885. The van der Waals surface area contributed by atoms with Crippen LogP contribution in [0.4, 0.5) is 5.69 Å². The Hall–Kier alpha value is -0.790.